The van der Waals surface area contributed by atoms with Gasteiger partial charge in [0.05, 0.1) is 36.6 Å². The Morgan fingerprint density at radius 3 is 2.64 bits per heavy atom. The quantitative estimate of drug-likeness (QED) is 0.401. The highest BCUT2D eigenvalue weighted by Gasteiger charge is 2.11. The molecule has 33 heavy (non-hydrogen) atoms. The number of nitrogens with one attached hydrogen (secondary N) is 1. The van der Waals surface area contributed by atoms with Crippen LogP contribution in [0.4, 0.5) is 0 Å². The first-order valence-electron chi connectivity index (χ1n) is 10.4. The monoisotopic (exact) mass is 461 g/mol. The summed E-state index contributed by atoms with van der Waals surface area (Å²) in [7, 11) is 0. The van der Waals surface area contributed by atoms with Crippen LogP contribution in [0, 0.1) is 0 Å². The number of aromatic nitrogens is 6. The first kappa shape index (κ1) is 20.9. The second-order valence-electron chi connectivity index (χ2n) is 7.62. The molecule has 3 heterocycles. The summed E-state index contributed by atoms with van der Waals surface area (Å²) in [5, 5.41) is 8.25. The molecule has 0 aliphatic heterocycles. The number of hydrogen-bond acceptors (Lipinski definition) is 5. The summed E-state index contributed by atoms with van der Waals surface area (Å²) in [5.74, 6) is -0.132. The van der Waals surface area contributed by atoms with Crippen molar-refractivity contribution in [1.29, 1.82) is 0 Å². The summed E-state index contributed by atoms with van der Waals surface area (Å²) < 4.78 is 4.96. The zero-order valence-electron chi connectivity index (χ0n) is 17.6. The molecule has 1 N–H and O–H groups in total. The lowest BCUT2D eigenvalue weighted by atomic mass is 10.2. The summed E-state index contributed by atoms with van der Waals surface area (Å²) in [6.07, 6.45) is 4.69. The van der Waals surface area contributed by atoms with Crippen molar-refractivity contribution in [1.82, 2.24) is 34.2 Å². The Hall–Kier alpha value is -3.98. The van der Waals surface area contributed by atoms with E-state index in [0.717, 1.165) is 16.6 Å². The van der Waals surface area contributed by atoms with Crippen LogP contribution in [-0.2, 0) is 24.4 Å². The number of para-hydroxylation sites is 2. The third-order valence-corrected chi connectivity index (χ3v) is 5.63. The van der Waals surface area contributed by atoms with E-state index in [1.165, 1.54) is 17.1 Å². The molecular weight excluding hydrogens is 442 g/mol. The number of fused-ring (bicyclic) bond motifs is 2. The Morgan fingerprint density at radius 2 is 1.79 bits per heavy atom. The van der Waals surface area contributed by atoms with Crippen molar-refractivity contribution in [3.63, 3.8) is 0 Å². The van der Waals surface area contributed by atoms with Crippen LogP contribution in [0.25, 0.3) is 22.1 Å². The molecule has 0 spiro atoms. The van der Waals surface area contributed by atoms with Crippen LogP contribution in [0.3, 0.4) is 0 Å². The Labute approximate surface area is 193 Å². The highest BCUT2D eigenvalue weighted by atomic mass is 35.5. The van der Waals surface area contributed by atoms with E-state index < -0.39 is 0 Å². The number of rotatable bonds is 7. The third kappa shape index (κ3) is 4.35. The van der Waals surface area contributed by atoms with E-state index in [1.54, 1.807) is 27.7 Å². The molecule has 0 atom stereocenters. The minimum Gasteiger partial charge on any atom is -0.353 e. The average molecular weight is 462 g/mol. The van der Waals surface area contributed by atoms with Gasteiger partial charge in [-0.15, -0.1) is 0 Å². The molecule has 5 aromatic rings. The third-order valence-electron chi connectivity index (χ3n) is 5.38. The summed E-state index contributed by atoms with van der Waals surface area (Å²) >= 11 is 5.92. The number of halogens is 1. The molecule has 5 rings (SSSR count). The molecule has 3 aromatic heterocycles. The minimum absolute atomic E-state index is 0.132. The Balaban J connectivity index is 1.23. The van der Waals surface area contributed by atoms with Gasteiger partial charge in [-0.25, -0.2) is 14.6 Å². The van der Waals surface area contributed by atoms with Crippen LogP contribution in [0.5, 0.6) is 0 Å². The van der Waals surface area contributed by atoms with Gasteiger partial charge in [-0.1, -0.05) is 35.9 Å². The maximum absolute atomic E-state index is 12.8. The van der Waals surface area contributed by atoms with E-state index in [1.807, 2.05) is 36.4 Å². The molecule has 10 heteroatoms. The van der Waals surface area contributed by atoms with Crippen molar-refractivity contribution in [3.05, 3.63) is 88.3 Å². The van der Waals surface area contributed by atoms with Gasteiger partial charge in [0.2, 0.25) is 5.91 Å². The van der Waals surface area contributed by atoms with E-state index in [9.17, 15) is 9.59 Å². The van der Waals surface area contributed by atoms with Crippen LogP contribution >= 0.6 is 11.6 Å². The maximum Gasteiger partial charge on any atom is 0.264 e. The molecule has 0 aliphatic rings. The van der Waals surface area contributed by atoms with Gasteiger partial charge in [0, 0.05) is 11.6 Å². The standard InChI is InChI=1S/C23H20ClN7O2/c24-17-7-5-16(6-8-17)12-30-15-27-22-18(23(30)33)11-28-31(22)10-9-25-21(32)13-29-14-26-19-3-1-2-4-20(19)29/h1-8,11,14-15H,9-10,12-13H2,(H,25,32). The number of amides is 1. The number of benzene rings is 2. The summed E-state index contributed by atoms with van der Waals surface area (Å²) in [6, 6.07) is 15.0. The number of carbonyl (C=O) groups is 1. The Morgan fingerprint density at radius 1 is 1.00 bits per heavy atom. The van der Waals surface area contributed by atoms with Crippen LogP contribution in [-0.4, -0.2) is 41.3 Å². The lowest BCUT2D eigenvalue weighted by molar-refractivity contribution is -0.121. The van der Waals surface area contributed by atoms with Gasteiger partial charge >= 0.3 is 0 Å². The van der Waals surface area contributed by atoms with Gasteiger partial charge in [0.25, 0.3) is 5.56 Å². The summed E-state index contributed by atoms with van der Waals surface area (Å²) in [5.41, 5.74) is 3.02. The molecule has 0 saturated carbocycles. The van der Waals surface area contributed by atoms with Gasteiger partial charge in [-0.05, 0) is 29.8 Å². The van der Waals surface area contributed by atoms with Crippen LogP contribution in [0.15, 0.2) is 72.2 Å². The fourth-order valence-electron chi connectivity index (χ4n) is 3.71. The molecule has 0 radical (unpaired) electrons. The summed E-state index contributed by atoms with van der Waals surface area (Å²) in [4.78, 5) is 33.9. The second-order valence-corrected chi connectivity index (χ2v) is 8.06. The maximum atomic E-state index is 12.8. The summed E-state index contributed by atoms with van der Waals surface area (Å²) in [6.45, 7) is 1.32. The molecular formula is C23H20ClN7O2. The van der Waals surface area contributed by atoms with E-state index in [4.69, 9.17) is 11.6 Å². The lowest BCUT2D eigenvalue weighted by Crippen LogP contribution is -2.30. The van der Waals surface area contributed by atoms with Gasteiger partial charge in [-0.3, -0.25) is 14.2 Å². The van der Waals surface area contributed by atoms with E-state index >= 15 is 0 Å². The van der Waals surface area contributed by atoms with Crippen LogP contribution in [0.2, 0.25) is 5.02 Å². The largest absolute Gasteiger partial charge is 0.353 e. The van der Waals surface area contributed by atoms with Crippen molar-refractivity contribution in [2.45, 2.75) is 19.6 Å². The molecule has 0 aliphatic carbocycles. The SMILES string of the molecule is O=C(Cn1cnc2ccccc21)NCCn1ncc2c(=O)n(Cc3ccc(Cl)cc3)cnc21. The first-order valence-corrected chi connectivity index (χ1v) is 10.8. The highest BCUT2D eigenvalue weighted by Crippen LogP contribution is 2.12. The topological polar surface area (TPSA) is 99.6 Å². The predicted octanol–water partition coefficient (Wildman–Crippen LogP) is 2.46. The molecule has 1 amide bonds. The van der Waals surface area contributed by atoms with E-state index in [-0.39, 0.29) is 18.0 Å². The normalized spacial score (nSPS) is 11.3. The number of nitrogens with zero attached hydrogens (tertiary/aromatic N) is 6. The zero-order chi connectivity index (χ0) is 22.8. The van der Waals surface area contributed by atoms with Crippen molar-refractivity contribution in [2.24, 2.45) is 0 Å². The molecule has 9 nitrogen and oxygen atoms in total. The van der Waals surface area contributed by atoms with Gasteiger partial charge in [-0.2, -0.15) is 5.10 Å². The van der Waals surface area contributed by atoms with Gasteiger partial charge < -0.3 is 9.88 Å². The number of imidazole rings is 1. The molecule has 0 bridgehead atoms. The van der Waals surface area contributed by atoms with Crippen LogP contribution in [0.1, 0.15) is 5.56 Å². The van der Waals surface area contributed by atoms with E-state index in [0.29, 0.717) is 35.7 Å². The van der Waals surface area contributed by atoms with Crippen molar-refractivity contribution in [2.75, 3.05) is 6.54 Å². The smallest absolute Gasteiger partial charge is 0.264 e. The molecule has 0 unspecified atom stereocenters. The Kier molecular flexibility index (Phi) is 5.62. The second kappa shape index (κ2) is 8.87. The molecule has 0 fully saturated rings. The average Bonchev–Trinajstić information content (AvgIpc) is 3.42. The molecule has 2 aromatic carbocycles. The molecule has 166 valence electrons. The van der Waals surface area contributed by atoms with E-state index in [2.05, 4.69) is 20.4 Å². The Bertz CT molecular complexity index is 1500. The van der Waals surface area contributed by atoms with Crippen molar-refractivity contribution >= 4 is 39.6 Å². The minimum atomic E-state index is -0.169. The molecule has 0 saturated heterocycles. The van der Waals surface area contributed by atoms with Crippen LogP contribution < -0.4 is 10.9 Å². The van der Waals surface area contributed by atoms with Crippen molar-refractivity contribution < 1.29 is 4.79 Å². The number of hydrogen-bond donors (Lipinski definition) is 1. The fourth-order valence-corrected chi connectivity index (χ4v) is 3.83. The number of carbonyl (C=O) groups excluding carboxylic acids is 1. The van der Waals surface area contributed by atoms with Gasteiger partial charge in [0.15, 0.2) is 5.65 Å². The highest BCUT2D eigenvalue weighted by molar-refractivity contribution is 6.30. The van der Waals surface area contributed by atoms with Crippen molar-refractivity contribution in [3.8, 4) is 0 Å². The predicted molar refractivity (Wildman–Crippen MR) is 125 cm³/mol. The first-order chi connectivity index (χ1) is 16.1. The lowest BCUT2D eigenvalue weighted by Gasteiger charge is -2.08. The zero-order valence-corrected chi connectivity index (χ0v) is 18.3. The fraction of sp³-hybridized carbons (Fsp3) is 0.174. The van der Waals surface area contributed by atoms with Gasteiger partial charge in [0.1, 0.15) is 18.3 Å².